The highest BCUT2D eigenvalue weighted by atomic mass is 16.5. The van der Waals surface area contributed by atoms with E-state index in [9.17, 15) is 4.79 Å². The molecule has 0 aromatic heterocycles. The molecule has 1 fully saturated rings. The van der Waals surface area contributed by atoms with E-state index in [2.05, 4.69) is 11.4 Å². The van der Waals surface area contributed by atoms with Crippen molar-refractivity contribution in [3.63, 3.8) is 0 Å². The van der Waals surface area contributed by atoms with Gasteiger partial charge in [-0.2, -0.15) is 5.26 Å². The second-order valence-corrected chi connectivity index (χ2v) is 5.46. The summed E-state index contributed by atoms with van der Waals surface area (Å²) in [5.74, 6) is 0.560. The summed E-state index contributed by atoms with van der Waals surface area (Å²) in [6.07, 6.45) is 4.66. The Morgan fingerprint density at radius 2 is 2.19 bits per heavy atom. The zero-order valence-electron chi connectivity index (χ0n) is 12.1. The smallest absolute Gasteiger partial charge is 0.244 e. The highest BCUT2D eigenvalue weighted by Gasteiger charge is 2.36. The van der Waals surface area contributed by atoms with Crippen LogP contribution in [0.4, 0.5) is 5.69 Å². The quantitative estimate of drug-likeness (QED) is 0.787. The van der Waals surface area contributed by atoms with E-state index < -0.39 is 5.54 Å². The van der Waals surface area contributed by atoms with E-state index in [1.807, 2.05) is 18.2 Å². The minimum absolute atomic E-state index is 0.123. The molecule has 1 aromatic rings. The van der Waals surface area contributed by atoms with Crippen molar-refractivity contribution in [1.29, 1.82) is 5.26 Å². The Kier molecular flexibility index (Phi) is 5.18. The Morgan fingerprint density at radius 3 is 2.90 bits per heavy atom. The third-order valence-corrected chi connectivity index (χ3v) is 3.74. The summed E-state index contributed by atoms with van der Waals surface area (Å²) in [5, 5.41) is 11.3. The van der Waals surface area contributed by atoms with Crippen LogP contribution in [-0.2, 0) is 4.79 Å². The number of nitrogens with two attached hydrogens (primary N) is 1. The minimum Gasteiger partial charge on any atom is -0.493 e. The van der Waals surface area contributed by atoms with Crippen molar-refractivity contribution in [2.45, 2.75) is 44.1 Å². The number of anilines is 1. The van der Waals surface area contributed by atoms with Crippen molar-refractivity contribution in [3.05, 3.63) is 24.3 Å². The van der Waals surface area contributed by atoms with Gasteiger partial charge >= 0.3 is 0 Å². The third-order valence-electron chi connectivity index (χ3n) is 3.74. The molecule has 0 radical (unpaired) electrons. The van der Waals surface area contributed by atoms with Crippen LogP contribution in [0.1, 0.15) is 38.5 Å². The van der Waals surface area contributed by atoms with E-state index in [0.29, 0.717) is 30.9 Å². The van der Waals surface area contributed by atoms with Crippen LogP contribution in [0.2, 0.25) is 0 Å². The lowest BCUT2D eigenvalue weighted by Gasteiger charge is -2.22. The maximum atomic E-state index is 12.2. The van der Waals surface area contributed by atoms with E-state index in [1.165, 1.54) is 0 Å². The van der Waals surface area contributed by atoms with Crippen LogP contribution in [0.15, 0.2) is 24.3 Å². The summed E-state index contributed by atoms with van der Waals surface area (Å²) in [5.41, 5.74) is 6.08. The van der Waals surface area contributed by atoms with Crippen LogP contribution >= 0.6 is 0 Å². The largest absolute Gasteiger partial charge is 0.493 e. The van der Waals surface area contributed by atoms with Gasteiger partial charge in [0.15, 0.2) is 0 Å². The molecule has 1 aromatic carbocycles. The maximum Gasteiger partial charge on any atom is 0.244 e. The molecule has 0 aliphatic heterocycles. The molecule has 1 aliphatic carbocycles. The molecule has 21 heavy (non-hydrogen) atoms. The number of nitrogens with one attached hydrogen (secondary N) is 1. The van der Waals surface area contributed by atoms with E-state index >= 15 is 0 Å². The lowest BCUT2D eigenvalue weighted by atomic mass is 9.98. The van der Waals surface area contributed by atoms with Crippen LogP contribution < -0.4 is 15.8 Å². The monoisotopic (exact) mass is 287 g/mol. The minimum atomic E-state index is -0.732. The van der Waals surface area contributed by atoms with Gasteiger partial charge in [0.25, 0.3) is 0 Å². The number of nitriles is 1. The summed E-state index contributed by atoms with van der Waals surface area (Å²) < 4.78 is 5.55. The molecule has 0 spiro atoms. The molecule has 0 heterocycles. The first-order valence-electron chi connectivity index (χ1n) is 7.34. The first-order valence-corrected chi connectivity index (χ1v) is 7.34. The zero-order chi connectivity index (χ0) is 15.1. The van der Waals surface area contributed by atoms with Gasteiger partial charge in [0.2, 0.25) is 5.91 Å². The van der Waals surface area contributed by atoms with Crippen LogP contribution in [-0.4, -0.2) is 18.1 Å². The number of amides is 1. The predicted octanol–water partition coefficient (Wildman–Crippen LogP) is 2.58. The molecule has 1 saturated carbocycles. The van der Waals surface area contributed by atoms with Gasteiger partial charge in [0.05, 0.1) is 18.2 Å². The Morgan fingerprint density at radius 1 is 1.43 bits per heavy atom. The van der Waals surface area contributed by atoms with Crippen molar-refractivity contribution in [2.24, 2.45) is 5.73 Å². The van der Waals surface area contributed by atoms with Crippen molar-refractivity contribution in [2.75, 3.05) is 11.9 Å². The van der Waals surface area contributed by atoms with Crippen molar-refractivity contribution >= 4 is 11.6 Å². The number of hydrogen-bond donors (Lipinski definition) is 2. The van der Waals surface area contributed by atoms with Gasteiger partial charge in [-0.25, -0.2) is 0 Å². The molecule has 1 aliphatic rings. The van der Waals surface area contributed by atoms with Crippen LogP contribution in [0, 0.1) is 11.3 Å². The molecular weight excluding hydrogens is 266 g/mol. The molecule has 0 atom stereocenters. The Labute approximate surface area is 125 Å². The van der Waals surface area contributed by atoms with E-state index in [1.54, 1.807) is 6.07 Å². The SMILES string of the molecule is N#CCCCOc1cccc(NC(=O)C2(N)CCCC2)c1. The molecule has 5 nitrogen and oxygen atoms in total. The molecule has 2 rings (SSSR count). The first-order chi connectivity index (χ1) is 10.1. The van der Waals surface area contributed by atoms with Gasteiger partial charge < -0.3 is 15.8 Å². The van der Waals surface area contributed by atoms with Gasteiger partial charge in [-0.3, -0.25) is 4.79 Å². The second-order valence-electron chi connectivity index (χ2n) is 5.46. The van der Waals surface area contributed by atoms with E-state index in [-0.39, 0.29) is 5.91 Å². The topological polar surface area (TPSA) is 88.1 Å². The van der Waals surface area contributed by atoms with Gasteiger partial charge in [-0.05, 0) is 31.4 Å². The Hall–Kier alpha value is -2.06. The molecule has 0 unspecified atom stereocenters. The molecule has 112 valence electrons. The highest BCUT2D eigenvalue weighted by Crippen LogP contribution is 2.29. The number of hydrogen-bond acceptors (Lipinski definition) is 4. The van der Waals surface area contributed by atoms with Crippen molar-refractivity contribution in [3.8, 4) is 11.8 Å². The number of benzene rings is 1. The fourth-order valence-corrected chi connectivity index (χ4v) is 2.49. The van der Waals surface area contributed by atoms with Crippen molar-refractivity contribution in [1.82, 2.24) is 0 Å². The van der Waals surface area contributed by atoms with Gasteiger partial charge in [-0.15, -0.1) is 0 Å². The van der Waals surface area contributed by atoms with Gasteiger partial charge in [0.1, 0.15) is 5.75 Å². The number of ether oxygens (including phenoxy) is 1. The standard InChI is InChI=1S/C16H21N3O2/c17-10-3-4-11-21-14-7-5-6-13(12-14)19-15(20)16(18)8-1-2-9-16/h5-7,12H,1-4,8-9,11,18H2,(H,19,20). The van der Waals surface area contributed by atoms with E-state index in [0.717, 1.165) is 25.7 Å². The fraction of sp³-hybridized carbons (Fsp3) is 0.500. The number of carbonyl (C=O) groups is 1. The van der Waals surface area contributed by atoms with Crippen molar-refractivity contribution < 1.29 is 9.53 Å². The maximum absolute atomic E-state index is 12.2. The second kappa shape index (κ2) is 7.09. The summed E-state index contributed by atoms with van der Waals surface area (Å²) in [7, 11) is 0. The molecule has 0 saturated heterocycles. The molecule has 5 heteroatoms. The highest BCUT2D eigenvalue weighted by molar-refractivity contribution is 5.98. The average Bonchev–Trinajstić information content (AvgIpc) is 2.92. The molecule has 0 bridgehead atoms. The lowest BCUT2D eigenvalue weighted by molar-refractivity contribution is -0.121. The normalized spacial score (nSPS) is 16.2. The number of unbranched alkanes of at least 4 members (excludes halogenated alkanes) is 1. The van der Waals surface area contributed by atoms with Gasteiger partial charge in [-0.1, -0.05) is 18.9 Å². The average molecular weight is 287 g/mol. The zero-order valence-corrected chi connectivity index (χ0v) is 12.1. The summed E-state index contributed by atoms with van der Waals surface area (Å²) in [6.45, 7) is 0.492. The molecule has 3 N–H and O–H groups in total. The summed E-state index contributed by atoms with van der Waals surface area (Å²) in [4.78, 5) is 12.2. The lowest BCUT2D eigenvalue weighted by Crippen LogP contribution is -2.48. The predicted molar refractivity (Wildman–Crippen MR) is 80.8 cm³/mol. The summed E-state index contributed by atoms with van der Waals surface area (Å²) in [6, 6.07) is 9.33. The number of nitrogens with zero attached hydrogens (tertiary/aromatic N) is 1. The van der Waals surface area contributed by atoms with Gasteiger partial charge in [0, 0.05) is 18.2 Å². The third kappa shape index (κ3) is 4.20. The molecular formula is C16H21N3O2. The van der Waals surface area contributed by atoms with Crippen LogP contribution in [0.3, 0.4) is 0 Å². The fourth-order valence-electron chi connectivity index (χ4n) is 2.49. The Balaban J connectivity index is 1.91. The first kappa shape index (κ1) is 15.3. The van der Waals surface area contributed by atoms with E-state index in [4.69, 9.17) is 15.7 Å². The number of rotatable bonds is 6. The number of carbonyl (C=O) groups excluding carboxylic acids is 1. The van der Waals surface area contributed by atoms with Crippen LogP contribution in [0.5, 0.6) is 5.75 Å². The Bertz CT molecular complexity index is 531. The van der Waals surface area contributed by atoms with Crippen LogP contribution in [0.25, 0.3) is 0 Å². The molecule has 1 amide bonds. The summed E-state index contributed by atoms with van der Waals surface area (Å²) >= 11 is 0.